The number of nitrogens with two attached hydrogens (primary N) is 1. The van der Waals surface area contributed by atoms with E-state index in [4.69, 9.17) is 10.5 Å². The van der Waals surface area contributed by atoms with Crippen LogP contribution in [0.3, 0.4) is 0 Å². The molecule has 5 nitrogen and oxygen atoms in total. The number of anilines is 1. The summed E-state index contributed by atoms with van der Waals surface area (Å²) in [6, 6.07) is 4.15. The van der Waals surface area contributed by atoms with Crippen molar-refractivity contribution in [1.82, 2.24) is 0 Å². The molecule has 1 aromatic carbocycles. The van der Waals surface area contributed by atoms with Crippen LogP contribution in [0.5, 0.6) is 5.75 Å². The number of carbonyl (C=O) groups is 1. The number of carbonyl (C=O) groups excluding carboxylic acids is 1. The molecule has 0 aliphatic carbocycles. The molecule has 0 saturated carbocycles. The molecule has 0 bridgehead atoms. The molecular formula is C11H12F3NO4. The molecule has 1 rings (SSSR count). The Hall–Kier alpha value is -1.96. The Bertz CT molecular complexity index is 448. The highest BCUT2D eigenvalue weighted by Gasteiger charge is 2.28. The van der Waals surface area contributed by atoms with Gasteiger partial charge in [0.1, 0.15) is 12.4 Å². The van der Waals surface area contributed by atoms with E-state index in [1.54, 1.807) is 0 Å². The maximum absolute atomic E-state index is 11.7. The van der Waals surface area contributed by atoms with E-state index in [-0.39, 0.29) is 11.3 Å². The molecule has 8 heteroatoms. The Morgan fingerprint density at radius 1 is 1.32 bits per heavy atom. The zero-order valence-corrected chi connectivity index (χ0v) is 9.99. The van der Waals surface area contributed by atoms with Crippen LogP contribution < -0.4 is 10.5 Å². The summed E-state index contributed by atoms with van der Waals surface area (Å²) in [6.07, 6.45) is -4.74. The maximum atomic E-state index is 11.7. The largest absolute Gasteiger partial charge is 0.522 e. The minimum Gasteiger partial charge on any atom is -0.495 e. The Morgan fingerprint density at radius 2 is 2.00 bits per heavy atom. The van der Waals surface area contributed by atoms with E-state index >= 15 is 0 Å². The number of benzene rings is 1. The first kappa shape index (κ1) is 15.1. The van der Waals surface area contributed by atoms with Crippen molar-refractivity contribution in [2.45, 2.75) is 6.36 Å². The van der Waals surface area contributed by atoms with E-state index in [0.29, 0.717) is 5.69 Å². The lowest BCUT2D eigenvalue weighted by Gasteiger charge is -2.09. The van der Waals surface area contributed by atoms with Crippen LogP contribution in [0, 0.1) is 0 Å². The van der Waals surface area contributed by atoms with E-state index in [1.807, 2.05) is 0 Å². The van der Waals surface area contributed by atoms with Gasteiger partial charge in [-0.15, -0.1) is 13.2 Å². The zero-order valence-electron chi connectivity index (χ0n) is 9.99. The Kier molecular flexibility index (Phi) is 4.99. The second kappa shape index (κ2) is 6.28. The second-order valence-corrected chi connectivity index (χ2v) is 3.39. The number of halogens is 3. The van der Waals surface area contributed by atoms with E-state index in [2.05, 4.69) is 9.47 Å². The van der Waals surface area contributed by atoms with Gasteiger partial charge in [-0.1, -0.05) is 0 Å². The van der Waals surface area contributed by atoms with Crippen LogP contribution in [-0.2, 0) is 9.47 Å². The first-order valence-electron chi connectivity index (χ1n) is 5.15. The first-order valence-corrected chi connectivity index (χ1v) is 5.15. The standard InChI is InChI=1S/C11H12F3NO4/c1-17-9-6-7(2-3-8(9)15)10(16)18-4-5-19-11(12,13)14/h2-3,6H,4-5,15H2,1H3. The van der Waals surface area contributed by atoms with E-state index < -0.39 is 25.5 Å². The molecule has 0 saturated heterocycles. The number of alkyl halides is 3. The first-order chi connectivity index (χ1) is 8.83. The second-order valence-electron chi connectivity index (χ2n) is 3.39. The van der Waals surface area contributed by atoms with Crippen LogP contribution in [0.2, 0.25) is 0 Å². The van der Waals surface area contributed by atoms with E-state index in [9.17, 15) is 18.0 Å². The average Bonchev–Trinajstić information content (AvgIpc) is 2.33. The molecule has 0 aliphatic heterocycles. The number of nitrogen functional groups attached to an aromatic ring is 1. The normalized spacial score (nSPS) is 11.2. The van der Waals surface area contributed by atoms with Crippen LogP contribution in [-0.4, -0.2) is 32.7 Å². The van der Waals surface area contributed by atoms with Crippen molar-refractivity contribution in [2.75, 3.05) is 26.1 Å². The molecule has 0 heterocycles. The lowest BCUT2D eigenvalue weighted by molar-refractivity contribution is -0.326. The number of rotatable bonds is 5. The van der Waals surface area contributed by atoms with Crippen LogP contribution >= 0.6 is 0 Å². The molecule has 0 aromatic heterocycles. The quantitative estimate of drug-likeness (QED) is 0.507. The van der Waals surface area contributed by atoms with Crippen molar-refractivity contribution in [3.8, 4) is 5.75 Å². The van der Waals surface area contributed by atoms with Gasteiger partial charge in [-0.25, -0.2) is 4.79 Å². The third-order valence-corrected chi connectivity index (χ3v) is 2.05. The highest BCUT2D eigenvalue weighted by Crippen LogP contribution is 2.22. The molecule has 0 atom stereocenters. The summed E-state index contributed by atoms with van der Waals surface area (Å²) in [5.41, 5.74) is 6.00. The van der Waals surface area contributed by atoms with Crippen molar-refractivity contribution in [3.63, 3.8) is 0 Å². The summed E-state index contributed by atoms with van der Waals surface area (Å²) in [5.74, 6) is -0.509. The third-order valence-electron chi connectivity index (χ3n) is 2.05. The number of hydrogen-bond acceptors (Lipinski definition) is 5. The van der Waals surface area contributed by atoms with Crippen molar-refractivity contribution >= 4 is 11.7 Å². The minimum absolute atomic E-state index is 0.123. The summed E-state index contributed by atoms with van der Waals surface area (Å²) in [6.45, 7) is -1.27. The molecule has 0 aliphatic rings. The predicted molar refractivity (Wildman–Crippen MR) is 59.7 cm³/mol. The number of methoxy groups -OCH3 is 1. The Labute approximate surface area is 107 Å². The van der Waals surface area contributed by atoms with Crippen LogP contribution in [0.1, 0.15) is 10.4 Å². The van der Waals surface area contributed by atoms with Gasteiger partial charge in [0.15, 0.2) is 0 Å². The van der Waals surface area contributed by atoms with Gasteiger partial charge in [0.25, 0.3) is 0 Å². The van der Waals surface area contributed by atoms with Crippen molar-refractivity contribution in [3.05, 3.63) is 23.8 Å². The number of esters is 1. The van der Waals surface area contributed by atoms with Gasteiger partial charge >= 0.3 is 12.3 Å². The molecule has 0 spiro atoms. The molecule has 0 fully saturated rings. The van der Waals surface area contributed by atoms with E-state index in [1.165, 1.54) is 25.3 Å². The van der Waals surface area contributed by atoms with Crippen LogP contribution in [0.4, 0.5) is 18.9 Å². The number of hydrogen-bond donors (Lipinski definition) is 1. The molecular weight excluding hydrogens is 267 g/mol. The summed E-state index contributed by atoms with van der Waals surface area (Å²) >= 11 is 0. The molecule has 0 amide bonds. The monoisotopic (exact) mass is 279 g/mol. The van der Waals surface area contributed by atoms with Gasteiger partial charge in [0, 0.05) is 0 Å². The molecule has 0 unspecified atom stereocenters. The topological polar surface area (TPSA) is 70.8 Å². The smallest absolute Gasteiger partial charge is 0.495 e. The summed E-state index contributed by atoms with van der Waals surface area (Å²) in [7, 11) is 1.37. The zero-order chi connectivity index (χ0) is 14.5. The van der Waals surface area contributed by atoms with Crippen LogP contribution in [0.15, 0.2) is 18.2 Å². The van der Waals surface area contributed by atoms with Gasteiger partial charge < -0.3 is 15.2 Å². The molecule has 0 radical (unpaired) electrons. The highest BCUT2D eigenvalue weighted by atomic mass is 19.4. The lowest BCUT2D eigenvalue weighted by atomic mass is 10.2. The summed E-state index contributed by atoms with van der Waals surface area (Å²) in [4.78, 5) is 11.5. The van der Waals surface area contributed by atoms with Crippen molar-refractivity contribution in [2.24, 2.45) is 0 Å². The molecule has 19 heavy (non-hydrogen) atoms. The summed E-state index contributed by atoms with van der Waals surface area (Å²) in [5, 5.41) is 0. The van der Waals surface area contributed by atoms with Gasteiger partial charge in [0.05, 0.1) is 25.0 Å². The third kappa shape index (κ3) is 5.04. The Balaban J connectivity index is 2.50. The average molecular weight is 279 g/mol. The molecule has 2 N–H and O–H groups in total. The Morgan fingerprint density at radius 3 is 2.58 bits per heavy atom. The fourth-order valence-corrected chi connectivity index (χ4v) is 1.21. The fourth-order valence-electron chi connectivity index (χ4n) is 1.21. The van der Waals surface area contributed by atoms with Gasteiger partial charge in [0.2, 0.25) is 0 Å². The van der Waals surface area contributed by atoms with E-state index in [0.717, 1.165) is 0 Å². The van der Waals surface area contributed by atoms with Crippen molar-refractivity contribution < 1.29 is 32.2 Å². The maximum Gasteiger partial charge on any atom is 0.522 e. The summed E-state index contributed by atoms with van der Waals surface area (Å²) < 4.78 is 47.9. The highest BCUT2D eigenvalue weighted by molar-refractivity contribution is 5.90. The fraction of sp³-hybridized carbons (Fsp3) is 0.364. The van der Waals surface area contributed by atoms with Crippen LogP contribution in [0.25, 0.3) is 0 Å². The van der Waals surface area contributed by atoms with Gasteiger partial charge in [-0.2, -0.15) is 0 Å². The lowest BCUT2D eigenvalue weighted by Crippen LogP contribution is -2.18. The van der Waals surface area contributed by atoms with Crippen molar-refractivity contribution in [1.29, 1.82) is 0 Å². The van der Waals surface area contributed by atoms with Gasteiger partial charge in [-0.3, -0.25) is 4.74 Å². The van der Waals surface area contributed by atoms with Gasteiger partial charge in [-0.05, 0) is 18.2 Å². The minimum atomic E-state index is -4.74. The molecule has 1 aromatic rings. The number of ether oxygens (including phenoxy) is 3. The molecule has 106 valence electrons. The SMILES string of the molecule is COc1cc(C(=O)OCCOC(F)(F)F)ccc1N. The predicted octanol–water partition coefficient (Wildman–Crippen LogP) is 1.97.